The standard InChI is InChI=1S/C23H24F3N3O3/c1-14-19(15(2)29(28-14)18-7-5-17(24)6-8-18)13-22(30)27-11-10-16-4-9-20(31-3)21(12-16)32-23(25)26/h4-9,12,23H,10-11,13H2,1-3H3,(H,27,30). The zero-order valence-electron chi connectivity index (χ0n) is 18.0. The van der Waals surface area contributed by atoms with Crippen molar-refractivity contribution in [2.24, 2.45) is 0 Å². The summed E-state index contributed by atoms with van der Waals surface area (Å²) in [5.41, 5.74) is 3.74. The van der Waals surface area contributed by atoms with Gasteiger partial charge in [0.15, 0.2) is 11.5 Å². The van der Waals surface area contributed by atoms with Crippen LogP contribution in [0.3, 0.4) is 0 Å². The predicted molar refractivity (Wildman–Crippen MR) is 113 cm³/mol. The maximum Gasteiger partial charge on any atom is 0.387 e. The van der Waals surface area contributed by atoms with Crippen molar-refractivity contribution in [2.45, 2.75) is 33.3 Å². The van der Waals surface area contributed by atoms with Crippen LogP contribution in [0.25, 0.3) is 5.69 Å². The van der Waals surface area contributed by atoms with E-state index in [0.29, 0.717) is 24.3 Å². The molecule has 0 aliphatic rings. The molecule has 2 aromatic carbocycles. The maximum atomic E-state index is 13.2. The smallest absolute Gasteiger partial charge is 0.387 e. The number of carbonyl (C=O) groups is 1. The summed E-state index contributed by atoms with van der Waals surface area (Å²) in [4.78, 5) is 12.5. The SMILES string of the molecule is COc1ccc(CCNC(=O)Cc2c(C)nn(-c3ccc(F)cc3)c2C)cc1OC(F)F. The number of benzene rings is 2. The molecule has 0 radical (unpaired) electrons. The second kappa shape index (κ2) is 10.2. The third-order valence-electron chi connectivity index (χ3n) is 5.03. The van der Waals surface area contributed by atoms with Crippen LogP contribution in [0.1, 0.15) is 22.5 Å². The Labute approximate surface area is 184 Å². The van der Waals surface area contributed by atoms with Gasteiger partial charge in [0.2, 0.25) is 5.91 Å². The number of alkyl halides is 2. The lowest BCUT2D eigenvalue weighted by Crippen LogP contribution is -2.27. The van der Waals surface area contributed by atoms with E-state index in [2.05, 4.69) is 15.2 Å². The molecule has 1 aromatic heterocycles. The Morgan fingerprint density at radius 3 is 2.50 bits per heavy atom. The number of hydrogen-bond donors (Lipinski definition) is 1. The number of rotatable bonds is 9. The van der Waals surface area contributed by atoms with Gasteiger partial charge >= 0.3 is 6.61 Å². The summed E-state index contributed by atoms with van der Waals surface area (Å²) in [7, 11) is 1.37. The summed E-state index contributed by atoms with van der Waals surface area (Å²) in [5, 5.41) is 7.30. The average Bonchev–Trinajstić information content (AvgIpc) is 3.02. The van der Waals surface area contributed by atoms with E-state index < -0.39 is 6.61 Å². The molecule has 32 heavy (non-hydrogen) atoms. The van der Waals surface area contributed by atoms with Gasteiger partial charge < -0.3 is 14.8 Å². The number of hydrogen-bond acceptors (Lipinski definition) is 4. The fourth-order valence-corrected chi connectivity index (χ4v) is 3.40. The first-order chi connectivity index (χ1) is 15.3. The van der Waals surface area contributed by atoms with Crippen LogP contribution in [0.15, 0.2) is 42.5 Å². The molecule has 1 amide bonds. The van der Waals surface area contributed by atoms with Crippen molar-refractivity contribution >= 4 is 5.91 Å². The molecule has 1 N–H and O–H groups in total. The summed E-state index contributed by atoms with van der Waals surface area (Å²) >= 11 is 0. The van der Waals surface area contributed by atoms with Gasteiger partial charge in [-0.1, -0.05) is 6.07 Å². The molecule has 3 aromatic rings. The summed E-state index contributed by atoms with van der Waals surface area (Å²) < 4.78 is 49.5. The fraction of sp³-hybridized carbons (Fsp3) is 0.304. The molecule has 1 heterocycles. The normalized spacial score (nSPS) is 11.0. The van der Waals surface area contributed by atoms with Crippen molar-refractivity contribution in [3.8, 4) is 17.2 Å². The Morgan fingerprint density at radius 1 is 1.12 bits per heavy atom. The molecule has 0 aliphatic heterocycles. The third-order valence-corrected chi connectivity index (χ3v) is 5.03. The minimum Gasteiger partial charge on any atom is -0.493 e. The Hall–Kier alpha value is -3.49. The zero-order valence-corrected chi connectivity index (χ0v) is 18.0. The van der Waals surface area contributed by atoms with Crippen molar-refractivity contribution < 1.29 is 27.4 Å². The number of amides is 1. The van der Waals surface area contributed by atoms with Gasteiger partial charge in [0.1, 0.15) is 5.82 Å². The summed E-state index contributed by atoms with van der Waals surface area (Å²) in [6.45, 7) is 1.04. The summed E-state index contributed by atoms with van der Waals surface area (Å²) in [6, 6.07) is 10.7. The number of methoxy groups -OCH3 is 1. The van der Waals surface area contributed by atoms with Gasteiger partial charge in [0.25, 0.3) is 0 Å². The van der Waals surface area contributed by atoms with Gasteiger partial charge in [-0.2, -0.15) is 13.9 Å². The van der Waals surface area contributed by atoms with E-state index >= 15 is 0 Å². The van der Waals surface area contributed by atoms with Gasteiger partial charge in [-0.25, -0.2) is 9.07 Å². The van der Waals surface area contributed by atoms with E-state index in [1.807, 2.05) is 13.8 Å². The monoisotopic (exact) mass is 447 g/mol. The van der Waals surface area contributed by atoms with E-state index in [1.165, 1.54) is 25.3 Å². The molecule has 0 atom stereocenters. The minimum absolute atomic E-state index is 0.0502. The molecule has 0 saturated carbocycles. The van der Waals surface area contributed by atoms with Gasteiger partial charge in [0, 0.05) is 17.8 Å². The average molecular weight is 447 g/mol. The zero-order chi connectivity index (χ0) is 23.3. The van der Waals surface area contributed by atoms with E-state index in [1.54, 1.807) is 28.9 Å². The Morgan fingerprint density at radius 2 is 1.84 bits per heavy atom. The highest BCUT2D eigenvalue weighted by Gasteiger charge is 2.16. The molecule has 0 spiro atoms. The predicted octanol–water partition coefficient (Wildman–Crippen LogP) is 4.14. The van der Waals surface area contributed by atoms with Crippen molar-refractivity contribution in [3.63, 3.8) is 0 Å². The highest BCUT2D eigenvalue weighted by Crippen LogP contribution is 2.29. The molecular weight excluding hydrogens is 423 g/mol. The highest BCUT2D eigenvalue weighted by molar-refractivity contribution is 5.79. The molecule has 3 rings (SSSR count). The molecule has 0 aliphatic carbocycles. The first kappa shape index (κ1) is 23.2. The molecular formula is C23H24F3N3O3. The van der Waals surface area contributed by atoms with E-state index in [4.69, 9.17) is 4.74 Å². The Balaban J connectivity index is 1.60. The van der Waals surface area contributed by atoms with Crippen molar-refractivity contribution in [2.75, 3.05) is 13.7 Å². The highest BCUT2D eigenvalue weighted by atomic mass is 19.3. The minimum atomic E-state index is -2.96. The second-order valence-electron chi connectivity index (χ2n) is 7.18. The van der Waals surface area contributed by atoms with Crippen LogP contribution in [0.4, 0.5) is 13.2 Å². The summed E-state index contributed by atoms with van der Waals surface area (Å²) in [6.07, 6.45) is 0.573. The molecule has 0 unspecified atom stereocenters. The van der Waals surface area contributed by atoms with Crippen LogP contribution < -0.4 is 14.8 Å². The van der Waals surface area contributed by atoms with Crippen LogP contribution in [-0.2, 0) is 17.6 Å². The number of aromatic nitrogens is 2. The van der Waals surface area contributed by atoms with Crippen LogP contribution in [0, 0.1) is 19.7 Å². The van der Waals surface area contributed by atoms with Crippen LogP contribution in [0.2, 0.25) is 0 Å². The number of ether oxygens (including phenoxy) is 2. The molecule has 0 saturated heterocycles. The van der Waals surface area contributed by atoms with Crippen molar-refractivity contribution in [1.82, 2.24) is 15.1 Å². The number of nitrogens with one attached hydrogen (secondary N) is 1. The van der Waals surface area contributed by atoms with Gasteiger partial charge in [-0.15, -0.1) is 0 Å². The molecule has 9 heteroatoms. The van der Waals surface area contributed by atoms with Crippen LogP contribution in [-0.4, -0.2) is 36.0 Å². The fourth-order valence-electron chi connectivity index (χ4n) is 3.40. The van der Waals surface area contributed by atoms with Gasteiger partial charge in [-0.3, -0.25) is 4.79 Å². The lowest BCUT2D eigenvalue weighted by atomic mass is 10.1. The number of halogens is 3. The van der Waals surface area contributed by atoms with E-state index in [9.17, 15) is 18.0 Å². The Kier molecular flexibility index (Phi) is 7.40. The van der Waals surface area contributed by atoms with Crippen LogP contribution >= 0.6 is 0 Å². The third kappa shape index (κ3) is 5.60. The molecule has 0 bridgehead atoms. The van der Waals surface area contributed by atoms with E-state index in [-0.39, 0.29) is 29.6 Å². The number of nitrogens with zero attached hydrogens (tertiary/aromatic N) is 2. The number of carbonyl (C=O) groups excluding carboxylic acids is 1. The van der Waals surface area contributed by atoms with Gasteiger partial charge in [-0.05, 0) is 62.2 Å². The topological polar surface area (TPSA) is 65.4 Å². The largest absolute Gasteiger partial charge is 0.493 e. The Bertz CT molecular complexity index is 1080. The second-order valence-corrected chi connectivity index (χ2v) is 7.18. The maximum absolute atomic E-state index is 13.2. The molecule has 170 valence electrons. The van der Waals surface area contributed by atoms with Crippen molar-refractivity contribution in [3.05, 3.63) is 70.8 Å². The van der Waals surface area contributed by atoms with Crippen LogP contribution in [0.5, 0.6) is 11.5 Å². The lowest BCUT2D eigenvalue weighted by Gasteiger charge is -2.12. The first-order valence-electron chi connectivity index (χ1n) is 9.98. The number of aryl methyl sites for hydroxylation is 1. The quantitative estimate of drug-likeness (QED) is 0.536. The molecule has 0 fully saturated rings. The van der Waals surface area contributed by atoms with E-state index in [0.717, 1.165) is 16.8 Å². The molecule has 6 nitrogen and oxygen atoms in total. The first-order valence-corrected chi connectivity index (χ1v) is 9.98. The summed E-state index contributed by atoms with van der Waals surface area (Å²) in [5.74, 6) is -0.361. The van der Waals surface area contributed by atoms with Gasteiger partial charge in [0.05, 0.1) is 24.9 Å². The van der Waals surface area contributed by atoms with Crippen molar-refractivity contribution in [1.29, 1.82) is 0 Å². The lowest BCUT2D eigenvalue weighted by molar-refractivity contribution is -0.120.